The quantitative estimate of drug-likeness (QED) is 0.743. The number of rotatable bonds is 2. The van der Waals surface area contributed by atoms with E-state index in [1.165, 1.54) is 16.6 Å². The molecule has 0 aliphatic carbocycles. The first-order valence-electron chi connectivity index (χ1n) is 5.46. The largest absolute Gasteiger partial charge is 0.264 e. The molecule has 0 amide bonds. The second kappa shape index (κ2) is 3.97. The van der Waals surface area contributed by atoms with Crippen LogP contribution in [0, 0.1) is 0 Å². The zero-order valence-electron chi connectivity index (χ0n) is 9.49. The van der Waals surface area contributed by atoms with E-state index in [1.54, 1.807) is 6.20 Å². The molecule has 2 heterocycles. The highest BCUT2D eigenvalue weighted by Crippen LogP contribution is 2.21. The van der Waals surface area contributed by atoms with Gasteiger partial charge in [-0.15, -0.1) is 0 Å². The van der Waals surface area contributed by atoms with Gasteiger partial charge in [0.25, 0.3) is 0 Å². The molecular weight excluding hydrogens is 184 g/mol. The van der Waals surface area contributed by atoms with E-state index >= 15 is 0 Å². The monoisotopic (exact) mass is 200 g/mol. The van der Waals surface area contributed by atoms with E-state index in [0.29, 0.717) is 5.92 Å². The van der Waals surface area contributed by atoms with Gasteiger partial charge in [-0.05, 0) is 30.0 Å². The smallest absolute Gasteiger partial charge is 0.0738 e. The van der Waals surface area contributed by atoms with Crippen LogP contribution in [0.3, 0.4) is 0 Å². The van der Waals surface area contributed by atoms with Crippen molar-refractivity contribution in [2.45, 2.75) is 33.1 Å². The van der Waals surface area contributed by atoms with Crippen LogP contribution in [0.25, 0.3) is 10.9 Å². The topological polar surface area (TPSA) is 25.8 Å². The van der Waals surface area contributed by atoms with E-state index in [9.17, 15) is 0 Å². The van der Waals surface area contributed by atoms with Gasteiger partial charge in [-0.3, -0.25) is 9.97 Å². The molecular formula is C13H16N2. The third-order valence-corrected chi connectivity index (χ3v) is 2.69. The summed E-state index contributed by atoms with van der Waals surface area (Å²) < 4.78 is 0. The van der Waals surface area contributed by atoms with E-state index < -0.39 is 0 Å². The Morgan fingerprint density at radius 1 is 1.33 bits per heavy atom. The number of hydrogen-bond acceptors (Lipinski definition) is 2. The summed E-state index contributed by atoms with van der Waals surface area (Å²) in [4.78, 5) is 8.80. The number of aryl methyl sites for hydroxylation is 1. The molecule has 0 unspecified atom stereocenters. The van der Waals surface area contributed by atoms with Crippen LogP contribution >= 0.6 is 0 Å². The van der Waals surface area contributed by atoms with Gasteiger partial charge in [0.1, 0.15) is 0 Å². The van der Waals surface area contributed by atoms with Crippen molar-refractivity contribution >= 4 is 10.9 Å². The molecule has 78 valence electrons. The molecule has 0 aliphatic heterocycles. The Morgan fingerprint density at radius 3 is 2.80 bits per heavy atom. The Hall–Kier alpha value is -1.44. The fourth-order valence-electron chi connectivity index (χ4n) is 1.75. The third-order valence-electron chi connectivity index (χ3n) is 2.69. The van der Waals surface area contributed by atoms with Crippen LogP contribution in [0.5, 0.6) is 0 Å². The van der Waals surface area contributed by atoms with E-state index in [1.807, 2.05) is 12.3 Å². The molecule has 0 N–H and O–H groups in total. The molecule has 0 bridgehead atoms. The standard InChI is InChI=1S/C13H16N2/c1-4-10-7-13(9(2)3)15-12-5-6-14-8-11(10)12/h5-9H,4H2,1-3H3. The summed E-state index contributed by atoms with van der Waals surface area (Å²) >= 11 is 0. The fraction of sp³-hybridized carbons (Fsp3) is 0.385. The van der Waals surface area contributed by atoms with Crippen molar-refractivity contribution < 1.29 is 0 Å². The van der Waals surface area contributed by atoms with Crippen LogP contribution in [0.1, 0.15) is 37.9 Å². The van der Waals surface area contributed by atoms with E-state index in [-0.39, 0.29) is 0 Å². The van der Waals surface area contributed by atoms with Crippen molar-refractivity contribution in [3.8, 4) is 0 Å². The Labute approximate surface area is 90.4 Å². The van der Waals surface area contributed by atoms with E-state index in [0.717, 1.165) is 11.9 Å². The average molecular weight is 200 g/mol. The molecule has 0 fully saturated rings. The van der Waals surface area contributed by atoms with Crippen LogP contribution < -0.4 is 0 Å². The number of fused-ring (bicyclic) bond motifs is 1. The molecule has 0 radical (unpaired) electrons. The van der Waals surface area contributed by atoms with Crippen LogP contribution in [-0.2, 0) is 6.42 Å². The normalized spacial score (nSPS) is 11.2. The molecule has 0 atom stereocenters. The summed E-state index contributed by atoms with van der Waals surface area (Å²) in [5.74, 6) is 0.480. The predicted molar refractivity (Wildman–Crippen MR) is 63.0 cm³/mol. The van der Waals surface area contributed by atoms with Gasteiger partial charge < -0.3 is 0 Å². The Kier molecular flexibility index (Phi) is 2.67. The molecule has 0 spiro atoms. The molecule has 2 heteroatoms. The summed E-state index contributed by atoms with van der Waals surface area (Å²) in [6.45, 7) is 6.52. The van der Waals surface area contributed by atoms with Crippen molar-refractivity contribution in [1.29, 1.82) is 0 Å². The first-order chi connectivity index (χ1) is 7.22. The summed E-state index contributed by atoms with van der Waals surface area (Å²) in [6, 6.07) is 4.19. The van der Waals surface area contributed by atoms with Crippen molar-refractivity contribution in [3.05, 3.63) is 35.8 Å². The summed E-state index contributed by atoms with van der Waals surface area (Å²) in [6.07, 6.45) is 4.74. The predicted octanol–water partition coefficient (Wildman–Crippen LogP) is 3.32. The van der Waals surface area contributed by atoms with Crippen LogP contribution in [0.4, 0.5) is 0 Å². The lowest BCUT2D eigenvalue weighted by molar-refractivity contribution is 0.826. The highest BCUT2D eigenvalue weighted by Gasteiger charge is 2.06. The third kappa shape index (κ3) is 1.84. The van der Waals surface area contributed by atoms with Crippen LogP contribution in [0.2, 0.25) is 0 Å². The highest BCUT2D eigenvalue weighted by atomic mass is 14.7. The van der Waals surface area contributed by atoms with Crippen molar-refractivity contribution in [1.82, 2.24) is 9.97 Å². The Bertz CT molecular complexity index is 475. The van der Waals surface area contributed by atoms with E-state index in [4.69, 9.17) is 0 Å². The second-order valence-electron chi connectivity index (χ2n) is 4.11. The van der Waals surface area contributed by atoms with Gasteiger partial charge in [-0.1, -0.05) is 20.8 Å². The van der Waals surface area contributed by atoms with Crippen LogP contribution in [-0.4, -0.2) is 9.97 Å². The zero-order valence-corrected chi connectivity index (χ0v) is 9.49. The molecule has 2 nitrogen and oxygen atoms in total. The lowest BCUT2D eigenvalue weighted by Crippen LogP contribution is -1.97. The molecule has 0 aliphatic rings. The number of nitrogens with zero attached hydrogens (tertiary/aromatic N) is 2. The first kappa shape index (κ1) is 10.1. The minimum atomic E-state index is 0.480. The first-order valence-corrected chi connectivity index (χ1v) is 5.46. The van der Waals surface area contributed by atoms with Gasteiger partial charge in [-0.2, -0.15) is 0 Å². The maximum absolute atomic E-state index is 4.64. The molecule has 0 aromatic carbocycles. The minimum Gasteiger partial charge on any atom is -0.264 e. The minimum absolute atomic E-state index is 0.480. The van der Waals surface area contributed by atoms with Gasteiger partial charge in [0.2, 0.25) is 0 Å². The molecule has 15 heavy (non-hydrogen) atoms. The fourth-order valence-corrected chi connectivity index (χ4v) is 1.75. The Morgan fingerprint density at radius 2 is 2.13 bits per heavy atom. The van der Waals surface area contributed by atoms with E-state index in [2.05, 4.69) is 36.8 Å². The molecule has 0 saturated carbocycles. The van der Waals surface area contributed by atoms with Crippen molar-refractivity contribution in [3.63, 3.8) is 0 Å². The summed E-state index contributed by atoms with van der Waals surface area (Å²) in [5, 5.41) is 1.18. The summed E-state index contributed by atoms with van der Waals surface area (Å²) in [5.41, 5.74) is 3.58. The summed E-state index contributed by atoms with van der Waals surface area (Å²) in [7, 11) is 0. The molecule has 2 aromatic heterocycles. The molecule has 0 saturated heterocycles. The number of pyridine rings is 2. The van der Waals surface area contributed by atoms with Gasteiger partial charge in [0, 0.05) is 23.5 Å². The maximum atomic E-state index is 4.64. The van der Waals surface area contributed by atoms with Gasteiger partial charge in [0.05, 0.1) is 5.52 Å². The van der Waals surface area contributed by atoms with Crippen LogP contribution in [0.15, 0.2) is 24.5 Å². The molecule has 2 aromatic rings. The maximum Gasteiger partial charge on any atom is 0.0738 e. The number of aromatic nitrogens is 2. The average Bonchev–Trinajstić information content (AvgIpc) is 2.27. The second-order valence-corrected chi connectivity index (χ2v) is 4.11. The zero-order chi connectivity index (χ0) is 10.8. The SMILES string of the molecule is CCc1cc(C(C)C)nc2ccncc12. The van der Waals surface area contributed by atoms with Crippen molar-refractivity contribution in [2.24, 2.45) is 0 Å². The van der Waals surface area contributed by atoms with Gasteiger partial charge in [0.15, 0.2) is 0 Å². The Balaban J connectivity index is 2.71. The van der Waals surface area contributed by atoms with Crippen molar-refractivity contribution in [2.75, 3.05) is 0 Å². The molecule has 2 rings (SSSR count). The highest BCUT2D eigenvalue weighted by molar-refractivity contribution is 5.81. The lowest BCUT2D eigenvalue weighted by atomic mass is 10.0. The number of hydrogen-bond donors (Lipinski definition) is 0. The lowest BCUT2D eigenvalue weighted by Gasteiger charge is -2.09. The van der Waals surface area contributed by atoms with Gasteiger partial charge in [-0.25, -0.2) is 0 Å². The van der Waals surface area contributed by atoms with Gasteiger partial charge >= 0.3 is 0 Å².